The fourth-order valence-corrected chi connectivity index (χ4v) is 12.1. The molecule has 2 saturated heterocycles. The van der Waals surface area contributed by atoms with Crippen molar-refractivity contribution in [2.24, 2.45) is 40.9 Å². The van der Waals surface area contributed by atoms with Crippen molar-refractivity contribution in [3.63, 3.8) is 0 Å². The summed E-state index contributed by atoms with van der Waals surface area (Å²) in [7, 11) is -3.17. The summed E-state index contributed by atoms with van der Waals surface area (Å²) in [5, 5.41) is 1.98. The Bertz CT molecular complexity index is 1410. The van der Waals surface area contributed by atoms with Gasteiger partial charge in [-0.3, -0.25) is 0 Å². The molecule has 4 aliphatic carbocycles. The maximum absolute atomic E-state index is 13.1. The number of rotatable bonds is 4. The first kappa shape index (κ1) is 30.9. The molecule has 1 aromatic carbocycles. The van der Waals surface area contributed by atoms with Gasteiger partial charge in [-0.25, -0.2) is 17.9 Å². The van der Waals surface area contributed by atoms with Crippen molar-refractivity contribution >= 4 is 16.0 Å². The molecule has 5 fully saturated rings. The average Bonchev–Trinajstić information content (AvgIpc) is 3.43. The number of fused-ring (bicyclic) bond motifs is 6. The summed E-state index contributed by atoms with van der Waals surface area (Å²) in [6, 6.07) is 9.49. The lowest BCUT2D eigenvalue weighted by Gasteiger charge is -2.54. The van der Waals surface area contributed by atoms with Crippen LogP contribution in [0.15, 0.2) is 41.5 Å². The van der Waals surface area contributed by atoms with Crippen LogP contribution in [0, 0.1) is 40.9 Å². The fourth-order valence-electron chi connectivity index (χ4n) is 11.2. The Morgan fingerprint density at radius 1 is 1.07 bits per heavy atom. The number of benzene rings is 1. The van der Waals surface area contributed by atoms with E-state index in [0.717, 1.165) is 51.0 Å². The van der Waals surface area contributed by atoms with Crippen LogP contribution < -0.4 is 4.72 Å². The van der Waals surface area contributed by atoms with Crippen LogP contribution in [0.25, 0.3) is 0 Å². The van der Waals surface area contributed by atoms with E-state index >= 15 is 0 Å². The van der Waals surface area contributed by atoms with Gasteiger partial charge in [0.05, 0.1) is 29.6 Å². The quantitative estimate of drug-likeness (QED) is 0.385. The highest BCUT2D eigenvalue weighted by Crippen LogP contribution is 2.65. The molecule has 44 heavy (non-hydrogen) atoms. The highest BCUT2D eigenvalue weighted by atomic mass is 32.2. The van der Waals surface area contributed by atoms with E-state index in [2.05, 4.69) is 32.4 Å². The number of piperidine rings is 1. The minimum Gasteiger partial charge on any atom is -0.369 e. The molecule has 2 aliphatic heterocycles. The van der Waals surface area contributed by atoms with Crippen LogP contribution in [0.1, 0.15) is 102 Å². The number of ether oxygens (including phenoxy) is 1. The first-order valence-electron chi connectivity index (χ1n) is 17.2. The van der Waals surface area contributed by atoms with Crippen molar-refractivity contribution in [3.05, 3.63) is 47.0 Å². The normalized spacial score (nSPS) is 44.0. The summed E-state index contributed by atoms with van der Waals surface area (Å²) in [6.45, 7) is 10.3. The zero-order valence-electron chi connectivity index (χ0n) is 27.3. The Hall–Kier alpha value is -1.74. The van der Waals surface area contributed by atoms with Gasteiger partial charge in [0.25, 0.3) is 0 Å². The van der Waals surface area contributed by atoms with E-state index < -0.39 is 10.0 Å². The van der Waals surface area contributed by atoms with Gasteiger partial charge in [0.1, 0.15) is 0 Å². The lowest BCUT2D eigenvalue weighted by Crippen LogP contribution is -2.52. The second-order valence-corrected chi connectivity index (χ2v) is 17.7. The molecule has 0 unspecified atom stereocenters. The number of carbonyl (C=O) groups is 1. The van der Waals surface area contributed by atoms with Crippen molar-refractivity contribution < 1.29 is 22.8 Å². The third kappa shape index (κ3) is 5.29. The topological polar surface area (TPSA) is 84.9 Å². The minimum atomic E-state index is -3.17. The van der Waals surface area contributed by atoms with Gasteiger partial charge in [-0.05, 0) is 118 Å². The Morgan fingerprint density at radius 2 is 1.84 bits per heavy atom. The van der Waals surface area contributed by atoms with Crippen LogP contribution in [-0.4, -0.2) is 56.0 Å². The van der Waals surface area contributed by atoms with Crippen LogP contribution in [0.3, 0.4) is 0 Å². The lowest BCUT2D eigenvalue weighted by atomic mass is 9.52. The number of nitrogens with one attached hydrogen (secondary N) is 1. The van der Waals surface area contributed by atoms with Gasteiger partial charge in [-0.1, -0.05) is 50.1 Å². The van der Waals surface area contributed by atoms with E-state index in [1.165, 1.54) is 31.9 Å². The third-order valence-corrected chi connectivity index (χ3v) is 14.1. The smallest absolute Gasteiger partial charge is 0.357 e. The predicted molar refractivity (Wildman–Crippen MR) is 171 cm³/mol. The number of hydrogen-bond donors (Lipinski definition) is 1. The minimum absolute atomic E-state index is 0.0749. The summed E-state index contributed by atoms with van der Waals surface area (Å²) in [5.41, 5.74) is 3.91. The van der Waals surface area contributed by atoms with Crippen LogP contribution >= 0.6 is 0 Å². The Balaban J connectivity index is 1.10. The Morgan fingerprint density at radius 3 is 2.59 bits per heavy atom. The van der Waals surface area contributed by atoms with Crippen molar-refractivity contribution in [1.82, 2.24) is 9.79 Å². The molecule has 3 saturated carbocycles. The summed E-state index contributed by atoms with van der Waals surface area (Å²) >= 11 is 0. The van der Waals surface area contributed by atoms with Crippen LogP contribution in [0.2, 0.25) is 0 Å². The summed E-state index contributed by atoms with van der Waals surface area (Å²) in [4.78, 5) is 19.2. The molecule has 1 spiro atoms. The van der Waals surface area contributed by atoms with Gasteiger partial charge in [0.15, 0.2) is 0 Å². The number of sulfonamides is 1. The summed E-state index contributed by atoms with van der Waals surface area (Å²) < 4.78 is 34.0. The Labute approximate surface area is 264 Å². The lowest BCUT2D eigenvalue weighted by molar-refractivity contribution is -0.182. The molecule has 11 atom stereocenters. The third-order valence-electron chi connectivity index (χ3n) is 13.3. The molecule has 7 rings (SSSR count). The average molecular weight is 625 g/mol. The molecule has 8 heteroatoms. The van der Waals surface area contributed by atoms with Gasteiger partial charge in [-0.2, -0.15) is 0 Å². The van der Waals surface area contributed by atoms with E-state index in [9.17, 15) is 13.2 Å². The van der Waals surface area contributed by atoms with E-state index in [-0.39, 0.29) is 35.7 Å². The highest BCUT2D eigenvalue weighted by molar-refractivity contribution is 7.88. The molecule has 0 radical (unpaired) electrons. The van der Waals surface area contributed by atoms with Crippen LogP contribution in [0.5, 0.6) is 0 Å². The summed E-state index contributed by atoms with van der Waals surface area (Å²) in [6.07, 6.45) is 12.3. The van der Waals surface area contributed by atoms with Crippen molar-refractivity contribution in [2.75, 3.05) is 12.8 Å². The summed E-state index contributed by atoms with van der Waals surface area (Å²) in [5.74, 6) is 3.02. The highest BCUT2D eigenvalue weighted by Gasteiger charge is 2.61. The molecule has 7 nitrogen and oxygen atoms in total. The number of allylic oxidation sites excluding steroid dienone is 1. The predicted octanol–water partition coefficient (Wildman–Crippen LogP) is 6.51. The maximum atomic E-state index is 13.1. The molecule has 6 aliphatic rings. The molecule has 1 N–H and O–H groups in total. The van der Waals surface area contributed by atoms with E-state index in [1.54, 1.807) is 11.1 Å². The van der Waals surface area contributed by atoms with Crippen LogP contribution in [0.4, 0.5) is 0 Å². The molecule has 2 heterocycles. The largest absolute Gasteiger partial charge is 0.369 e. The van der Waals surface area contributed by atoms with E-state index in [1.807, 2.05) is 35.4 Å². The standard InChI is InChI=1S/C36H52N2O5S/c1-22-17-32-33(38(21-22)43-34(39)25-9-7-6-8-10-25)24(3)36(42-32)16-14-28-29-12-11-26-18-27(37-44(5,40)41)13-15-35(26,4)31(29)19-30(28)23(2)20-36/h6-10,22,24,26-29,31-33,37H,11-21H2,1-5H3/t22-,24+,26+,27+,28-,29-,31-,32+,33-,35-,36-/m0/s1. The second kappa shape index (κ2) is 11.2. The van der Waals surface area contributed by atoms with E-state index in [0.29, 0.717) is 34.7 Å². The SMILES string of the molecule is CC1=C2C[C@H]3[C@@H](CC[C@@H]4C[C@H](NS(C)(=O)=O)CC[C@@]43C)[C@@H]2CC[C@@]2(C1)O[C@@H]1C[C@H](C)CN(OC(=O)c3ccccc3)[C@H]1[C@H]2C. The molecular weight excluding hydrogens is 572 g/mol. The molecular formula is C36H52N2O5S. The molecule has 242 valence electrons. The molecule has 1 aromatic rings. The molecule has 0 bridgehead atoms. The number of nitrogens with zero attached hydrogens (tertiary/aromatic N) is 1. The zero-order chi connectivity index (χ0) is 31.0. The zero-order valence-corrected chi connectivity index (χ0v) is 28.1. The van der Waals surface area contributed by atoms with Gasteiger partial charge in [-0.15, -0.1) is 5.06 Å². The second-order valence-electron chi connectivity index (χ2n) is 15.9. The first-order chi connectivity index (χ1) is 20.9. The Kier molecular flexibility index (Phi) is 7.87. The van der Waals surface area contributed by atoms with Gasteiger partial charge >= 0.3 is 5.97 Å². The van der Waals surface area contributed by atoms with Crippen LogP contribution in [-0.2, 0) is 19.6 Å². The fraction of sp³-hybridized carbons (Fsp3) is 0.750. The van der Waals surface area contributed by atoms with Crippen molar-refractivity contribution in [3.8, 4) is 0 Å². The first-order valence-corrected chi connectivity index (χ1v) is 19.1. The molecule has 0 aromatic heterocycles. The molecule has 0 amide bonds. The number of hydrogen-bond acceptors (Lipinski definition) is 6. The van der Waals surface area contributed by atoms with E-state index in [4.69, 9.17) is 9.57 Å². The monoisotopic (exact) mass is 624 g/mol. The number of carbonyl (C=O) groups excluding carboxylic acids is 1. The van der Waals surface area contributed by atoms with Gasteiger partial charge in [0, 0.05) is 18.5 Å². The number of hydroxylamine groups is 2. The van der Waals surface area contributed by atoms with Crippen molar-refractivity contribution in [2.45, 2.75) is 116 Å². The van der Waals surface area contributed by atoms with Gasteiger partial charge in [0.2, 0.25) is 10.0 Å². The maximum Gasteiger partial charge on any atom is 0.357 e. The van der Waals surface area contributed by atoms with Gasteiger partial charge < -0.3 is 9.57 Å². The van der Waals surface area contributed by atoms with Crippen molar-refractivity contribution in [1.29, 1.82) is 0 Å².